The largest absolute Gasteiger partial charge is 0.497 e. The van der Waals surface area contributed by atoms with E-state index in [0.717, 1.165) is 57.7 Å². The van der Waals surface area contributed by atoms with E-state index < -0.39 is 0 Å². The zero-order valence-corrected chi connectivity index (χ0v) is 14.3. The van der Waals surface area contributed by atoms with Crippen molar-refractivity contribution in [3.8, 4) is 5.75 Å². The van der Waals surface area contributed by atoms with Crippen LogP contribution in [-0.2, 0) is 11.3 Å². The van der Waals surface area contributed by atoms with Crippen LogP contribution in [0.5, 0.6) is 5.75 Å². The average molecular weight is 319 g/mol. The normalized spacial score (nSPS) is 17.6. The highest BCUT2D eigenvalue weighted by molar-refractivity contribution is 5.81. The van der Waals surface area contributed by atoms with Crippen molar-refractivity contribution >= 4 is 5.91 Å². The summed E-state index contributed by atoms with van der Waals surface area (Å²) in [7, 11) is 1.68. The molecule has 2 N–H and O–H groups in total. The maximum Gasteiger partial charge on any atom is 0.239 e. The quantitative estimate of drug-likeness (QED) is 0.869. The molecule has 0 aromatic heterocycles. The van der Waals surface area contributed by atoms with Crippen LogP contribution < -0.4 is 10.5 Å². The molecule has 1 aromatic carbocycles. The van der Waals surface area contributed by atoms with E-state index >= 15 is 0 Å². The number of nitrogens with zero attached hydrogens (tertiary/aromatic N) is 2. The molecule has 1 aliphatic heterocycles. The predicted molar refractivity (Wildman–Crippen MR) is 92.4 cm³/mol. The van der Waals surface area contributed by atoms with Crippen molar-refractivity contribution in [1.29, 1.82) is 0 Å². The van der Waals surface area contributed by atoms with Gasteiger partial charge in [0.05, 0.1) is 13.2 Å². The number of carbonyl (C=O) groups is 1. The maximum absolute atomic E-state index is 12.3. The number of rotatable bonds is 6. The van der Waals surface area contributed by atoms with Crippen LogP contribution in [0.1, 0.15) is 31.7 Å². The highest BCUT2D eigenvalue weighted by atomic mass is 16.5. The molecule has 0 spiro atoms. The van der Waals surface area contributed by atoms with Gasteiger partial charge in [-0.15, -0.1) is 0 Å². The number of methoxy groups -OCH3 is 1. The summed E-state index contributed by atoms with van der Waals surface area (Å²) in [4.78, 5) is 16.7. The standard InChI is InChI=1S/C18H29N3O2/c1-3-5-17(19)18(22)21-11-4-10-20(12-13-21)14-15-6-8-16(23-2)9-7-15/h6-9,17H,3-5,10-14,19H2,1-2H3. The first-order chi connectivity index (χ1) is 11.1. The molecule has 0 bridgehead atoms. The molecule has 128 valence electrons. The van der Waals surface area contributed by atoms with Gasteiger partial charge in [0.1, 0.15) is 5.75 Å². The Labute approximate surface area is 139 Å². The summed E-state index contributed by atoms with van der Waals surface area (Å²) in [5, 5.41) is 0. The molecule has 2 rings (SSSR count). The summed E-state index contributed by atoms with van der Waals surface area (Å²) in [6.07, 6.45) is 2.72. The second-order valence-electron chi connectivity index (χ2n) is 6.20. The van der Waals surface area contributed by atoms with E-state index in [0.29, 0.717) is 0 Å². The van der Waals surface area contributed by atoms with Crippen LogP contribution in [0.25, 0.3) is 0 Å². The molecule has 1 fully saturated rings. The number of carbonyl (C=O) groups excluding carboxylic acids is 1. The molecule has 0 saturated carbocycles. The summed E-state index contributed by atoms with van der Waals surface area (Å²) in [6, 6.07) is 7.85. The molecular formula is C18H29N3O2. The van der Waals surface area contributed by atoms with Crippen LogP contribution in [-0.4, -0.2) is 55.0 Å². The second-order valence-corrected chi connectivity index (χ2v) is 6.20. The molecule has 1 saturated heterocycles. The van der Waals surface area contributed by atoms with E-state index in [1.54, 1.807) is 7.11 Å². The van der Waals surface area contributed by atoms with E-state index in [2.05, 4.69) is 24.0 Å². The molecule has 1 heterocycles. The highest BCUT2D eigenvalue weighted by Gasteiger charge is 2.23. The second kappa shape index (κ2) is 8.89. The first kappa shape index (κ1) is 17.8. The van der Waals surface area contributed by atoms with Crippen molar-refractivity contribution in [3.63, 3.8) is 0 Å². The van der Waals surface area contributed by atoms with Crippen LogP contribution in [0.15, 0.2) is 24.3 Å². The Morgan fingerprint density at radius 2 is 1.96 bits per heavy atom. The minimum atomic E-state index is -0.340. The van der Waals surface area contributed by atoms with Gasteiger partial charge in [-0.1, -0.05) is 25.5 Å². The Morgan fingerprint density at radius 3 is 2.61 bits per heavy atom. The summed E-state index contributed by atoms with van der Waals surface area (Å²) >= 11 is 0. The van der Waals surface area contributed by atoms with E-state index in [4.69, 9.17) is 10.5 Å². The lowest BCUT2D eigenvalue weighted by molar-refractivity contribution is -0.132. The lowest BCUT2D eigenvalue weighted by atomic mass is 10.1. The van der Waals surface area contributed by atoms with Gasteiger partial charge < -0.3 is 15.4 Å². The van der Waals surface area contributed by atoms with Gasteiger partial charge in [0.15, 0.2) is 0 Å². The van der Waals surface area contributed by atoms with Gasteiger partial charge in [0, 0.05) is 32.7 Å². The number of amides is 1. The number of hydrogen-bond donors (Lipinski definition) is 1. The fraction of sp³-hybridized carbons (Fsp3) is 0.611. The maximum atomic E-state index is 12.3. The minimum Gasteiger partial charge on any atom is -0.497 e. The van der Waals surface area contributed by atoms with Crippen LogP contribution in [0.4, 0.5) is 0 Å². The zero-order chi connectivity index (χ0) is 16.7. The van der Waals surface area contributed by atoms with Crippen molar-refractivity contribution in [3.05, 3.63) is 29.8 Å². The van der Waals surface area contributed by atoms with Gasteiger partial charge in [-0.25, -0.2) is 0 Å². The highest BCUT2D eigenvalue weighted by Crippen LogP contribution is 2.14. The van der Waals surface area contributed by atoms with E-state index in [1.807, 2.05) is 17.0 Å². The van der Waals surface area contributed by atoms with Gasteiger partial charge in [0.2, 0.25) is 5.91 Å². The van der Waals surface area contributed by atoms with Crippen molar-refractivity contribution < 1.29 is 9.53 Å². The first-order valence-corrected chi connectivity index (χ1v) is 8.53. The first-order valence-electron chi connectivity index (χ1n) is 8.53. The molecule has 1 aromatic rings. The fourth-order valence-corrected chi connectivity index (χ4v) is 3.01. The van der Waals surface area contributed by atoms with Gasteiger partial charge >= 0.3 is 0 Å². The molecular weight excluding hydrogens is 290 g/mol. The molecule has 1 unspecified atom stereocenters. The molecule has 0 aliphatic carbocycles. The van der Waals surface area contributed by atoms with E-state index in [9.17, 15) is 4.79 Å². The van der Waals surface area contributed by atoms with Gasteiger partial charge in [-0.05, 0) is 30.5 Å². The third-order valence-corrected chi connectivity index (χ3v) is 4.38. The van der Waals surface area contributed by atoms with Crippen LogP contribution in [0.3, 0.4) is 0 Å². The molecule has 5 heteroatoms. The fourth-order valence-electron chi connectivity index (χ4n) is 3.01. The van der Waals surface area contributed by atoms with Gasteiger partial charge in [-0.2, -0.15) is 0 Å². The minimum absolute atomic E-state index is 0.109. The molecule has 1 aliphatic rings. The molecule has 5 nitrogen and oxygen atoms in total. The lowest BCUT2D eigenvalue weighted by Gasteiger charge is -2.24. The topological polar surface area (TPSA) is 58.8 Å². The van der Waals surface area contributed by atoms with Crippen molar-refractivity contribution in [2.45, 2.75) is 38.8 Å². The van der Waals surface area contributed by atoms with Crippen LogP contribution in [0, 0.1) is 0 Å². The molecule has 23 heavy (non-hydrogen) atoms. The molecule has 1 amide bonds. The Balaban J connectivity index is 1.86. The number of hydrogen-bond acceptors (Lipinski definition) is 4. The molecule has 0 radical (unpaired) electrons. The van der Waals surface area contributed by atoms with Crippen LogP contribution in [0.2, 0.25) is 0 Å². The summed E-state index contributed by atoms with van der Waals surface area (Å²) in [5.74, 6) is 0.990. The number of ether oxygens (including phenoxy) is 1. The predicted octanol–water partition coefficient (Wildman–Crippen LogP) is 1.86. The van der Waals surface area contributed by atoms with Crippen molar-refractivity contribution in [2.75, 3.05) is 33.3 Å². The Hall–Kier alpha value is -1.59. The van der Waals surface area contributed by atoms with E-state index in [-0.39, 0.29) is 11.9 Å². The third-order valence-electron chi connectivity index (χ3n) is 4.38. The van der Waals surface area contributed by atoms with Crippen molar-refractivity contribution in [2.24, 2.45) is 5.73 Å². The Morgan fingerprint density at radius 1 is 1.22 bits per heavy atom. The van der Waals surface area contributed by atoms with Crippen LogP contribution >= 0.6 is 0 Å². The Bertz CT molecular complexity index is 490. The van der Waals surface area contributed by atoms with E-state index in [1.165, 1.54) is 5.56 Å². The van der Waals surface area contributed by atoms with Crippen molar-refractivity contribution in [1.82, 2.24) is 9.80 Å². The van der Waals surface area contributed by atoms with Gasteiger partial charge in [-0.3, -0.25) is 9.69 Å². The summed E-state index contributed by atoms with van der Waals surface area (Å²) < 4.78 is 5.19. The monoisotopic (exact) mass is 319 g/mol. The summed E-state index contributed by atoms with van der Waals surface area (Å²) in [5.41, 5.74) is 7.25. The number of benzene rings is 1. The smallest absolute Gasteiger partial charge is 0.239 e. The van der Waals surface area contributed by atoms with Gasteiger partial charge in [0.25, 0.3) is 0 Å². The third kappa shape index (κ3) is 5.22. The Kier molecular flexibility index (Phi) is 6.86. The summed E-state index contributed by atoms with van der Waals surface area (Å²) in [6.45, 7) is 6.47. The lowest BCUT2D eigenvalue weighted by Crippen LogP contribution is -2.45. The SMILES string of the molecule is CCCC(N)C(=O)N1CCCN(Cc2ccc(OC)cc2)CC1. The number of nitrogens with two attached hydrogens (primary N) is 1. The zero-order valence-electron chi connectivity index (χ0n) is 14.3. The average Bonchev–Trinajstić information content (AvgIpc) is 2.80. The molecule has 1 atom stereocenters.